The number of hydrogen-bond acceptors (Lipinski definition) is 4. The average Bonchev–Trinajstić information content (AvgIpc) is 2.45. The Bertz CT molecular complexity index is 545. The van der Waals surface area contributed by atoms with Gasteiger partial charge in [0.05, 0.1) is 12.7 Å². The number of para-hydroxylation sites is 1. The molecule has 5 nitrogen and oxygen atoms in total. The first-order chi connectivity index (χ1) is 10.2. The van der Waals surface area contributed by atoms with Crippen LogP contribution in [0.4, 0.5) is 13.2 Å². The van der Waals surface area contributed by atoms with Crippen molar-refractivity contribution in [2.24, 2.45) is 0 Å². The van der Waals surface area contributed by atoms with Gasteiger partial charge >= 0.3 is 12.1 Å². The number of methoxy groups -OCH3 is 1. The van der Waals surface area contributed by atoms with Crippen LogP contribution < -0.4 is 10.1 Å². The molecule has 0 aliphatic carbocycles. The summed E-state index contributed by atoms with van der Waals surface area (Å²) in [5.41, 5.74) is -0.976. The summed E-state index contributed by atoms with van der Waals surface area (Å²) in [5, 5.41) is 2.29. The molecule has 1 rings (SSSR count). The van der Waals surface area contributed by atoms with Gasteiger partial charge in [-0.15, -0.1) is 0 Å². The summed E-state index contributed by atoms with van der Waals surface area (Å²) in [4.78, 5) is 23.0. The van der Waals surface area contributed by atoms with E-state index in [1.807, 2.05) is 0 Å². The van der Waals surface area contributed by atoms with Crippen LogP contribution in [0.1, 0.15) is 19.4 Å². The van der Waals surface area contributed by atoms with Gasteiger partial charge in [0.1, 0.15) is 11.8 Å². The molecule has 8 heteroatoms. The van der Waals surface area contributed by atoms with Crippen molar-refractivity contribution in [2.45, 2.75) is 32.2 Å². The topological polar surface area (TPSA) is 64.6 Å². The number of ether oxygens (including phenoxy) is 2. The Morgan fingerprint density at radius 3 is 2.32 bits per heavy atom. The molecule has 0 radical (unpaired) electrons. The van der Waals surface area contributed by atoms with E-state index in [0.29, 0.717) is 0 Å². The highest BCUT2D eigenvalue weighted by atomic mass is 19.4. The maximum absolute atomic E-state index is 12.8. The molecule has 22 heavy (non-hydrogen) atoms. The molecule has 2 atom stereocenters. The summed E-state index contributed by atoms with van der Waals surface area (Å²) >= 11 is 0. The Morgan fingerprint density at radius 1 is 1.18 bits per heavy atom. The summed E-state index contributed by atoms with van der Waals surface area (Å²) < 4.78 is 48.0. The van der Waals surface area contributed by atoms with Crippen LogP contribution in [0.5, 0.6) is 5.75 Å². The molecule has 122 valence electrons. The first-order valence-electron chi connectivity index (χ1n) is 6.38. The number of rotatable bonds is 5. The zero-order valence-electron chi connectivity index (χ0n) is 12.2. The number of benzene rings is 1. The van der Waals surface area contributed by atoms with Crippen molar-refractivity contribution >= 4 is 11.9 Å². The van der Waals surface area contributed by atoms with Crippen LogP contribution in [0.15, 0.2) is 24.3 Å². The highest BCUT2D eigenvalue weighted by Gasteiger charge is 2.35. The second-order valence-electron chi connectivity index (χ2n) is 4.51. The first kappa shape index (κ1) is 17.8. The molecule has 1 amide bonds. The quantitative estimate of drug-likeness (QED) is 0.845. The molecule has 1 N–H and O–H groups in total. The van der Waals surface area contributed by atoms with Gasteiger partial charge in [-0.3, -0.25) is 4.79 Å². The van der Waals surface area contributed by atoms with E-state index in [-0.39, 0.29) is 0 Å². The molecule has 0 unspecified atom stereocenters. The van der Waals surface area contributed by atoms with Gasteiger partial charge in [0.15, 0.2) is 6.10 Å². The zero-order chi connectivity index (χ0) is 16.9. The Morgan fingerprint density at radius 2 is 1.77 bits per heavy atom. The van der Waals surface area contributed by atoms with E-state index in [2.05, 4.69) is 10.1 Å². The number of nitrogens with one attached hydrogen (secondary N) is 1. The molecule has 0 fully saturated rings. The van der Waals surface area contributed by atoms with E-state index in [4.69, 9.17) is 4.74 Å². The van der Waals surface area contributed by atoms with Crippen molar-refractivity contribution in [3.63, 3.8) is 0 Å². The zero-order valence-corrected chi connectivity index (χ0v) is 12.2. The second-order valence-corrected chi connectivity index (χ2v) is 4.51. The molecule has 0 saturated carbocycles. The summed E-state index contributed by atoms with van der Waals surface area (Å²) in [5.74, 6) is -1.85. The number of alkyl halides is 3. The third-order valence-corrected chi connectivity index (χ3v) is 2.78. The largest absolute Gasteiger partial charge is 0.480 e. The van der Waals surface area contributed by atoms with Crippen LogP contribution in [0.3, 0.4) is 0 Å². The van der Waals surface area contributed by atoms with E-state index in [1.54, 1.807) is 0 Å². The summed E-state index contributed by atoms with van der Waals surface area (Å²) in [6.45, 7) is 2.67. The molecular weight excluding hydrogens is 303 g/mol. The Hall–Kier alpha value is -2.25. The molecule has 0 spiro atoms. The standard InChI is InChI=1S/C14H16F3NO4/c1-8(13(20)21-3)18-12(19)9(2)22-11-7-5-4-6-10(11)14(15,16)17/h4-9H,1-3H3,(H,18,19)/t8-,9+/m0/s1. The summed E-state index contributed by atoms with van der Waals surface area (Å²) in [6.07, 6.45) is -5.80. The Labute approximate surface area is 125 Å². The van der Waals surface area contributed by atoms with Gasteiger partial charge in [-0.1, -0.05) is 12.1 Å². The number of esters is 1. The number of halogens is 3. The predicted molar refractivity (Wildman–Crippen MR) is 71.2 cm³/mol. The fourth-order valence-electron chi connectivity index (χ4n) is 1.61. The van der Waals surface area contributed by atoms with Crippen molar-refractivity contribution < 1.29 is 32.2 Å². The minimum atomic E-state index is -4.59. The van der Waals surface area contributed by atoms with Crippen molar-refractivity contribution in [2.75, 3.05) is 7.11 Å². The van der Waals surface area contributed by atoms with Gasteiger partial charge in [0, 0.05) is 0 Å². The van der Waals surface area contributed by atoms with Gasteiger partial charge in [-0.05, 0) is 26.0 Å². The van der Waals surface area contributed by atoms with Crippen LogP contribution in [-0.2, 0) is 20.5 Å². The molecule has 0 aliphatic heterocycles. The smallest absolute Gasteiger partial charge is 0.419 e. The van der Waals surface area contributed by atoms with Crippen LogP contribution in [0, 0.1) is 0 Å². The van der Waals surface area contributed by atoms with E-state index >= 15 is 0 Å². The highest BCUT2D eigenvalue weighted by molar-refractivity contribution is 5.86. The minimum Gasteiger partial charge on any atom is -0.480 e. The second kappa shape index (κ2) is 7.15. The van der Waals surface area contributed by atoms with Crippen LogP contribution in [0.2, 0.25) is 0 Å². The van der Waals surface area contributed by atoms with Crippen LogP contribution >= 0.6 is 0 Å². The van der Waals surface area contributed by atoms with Gasteiger partial charge in [0.25, 0.3) is 5.91 Å². The van der Waals surface area contributed by atoms with Crippen LogP contribution in [0.25, 0.3) is 0 Å². The molecule has 0 bridgehead atoms. The third-order valence-electron chi connectivity index (χ3n) is 2.78. The van der Waals surface area contributed by atoms with Gasteiger partial charge in [-0.2, -0.15) is 13.2 Å². The molecule has 1 aromatic carbocycles. The van der Waals surface area contributed by atoms with Gasteiger partial charge < -0.3 is 14.8 Å². The van der Waals surface area contributed by atoms with Crippen molar-refractivity contribution in [3.05, 3.63) is 29.8 Å². The lowest BCUT2D eigenvalue weighted by Gasteiger charge is -2.19. The van der Waals surface area contributed by atoms with Crippen molar-refractivity contribution in [1.29, 1.82) is 0 Å². The molecule has 0 heterocycles. The van der Waals surface area contributed by atoms with Crippen molar-refractivity contribution in [1.82, 2.24) is 5.32 Å². The highest BCUT2D eigenvalue weighted by Crippen LogP contribution is 2.36. The van der Waals surface area contributed by atoms with Crippen LogP contribution in [-0.4, -0.2) is 31.1 Å². The Balaban J connectivity index is 2.79. The molecule has 1 aromatic rings. The Kier molecular flexibility index (Phi) is 5.78. The normalized spacial score (nSPS) is 13.9. The third kappa shape index (κ3) is 4.64. The SMILES string of the molecule is COC(=O)[C@H](C)NC(=O)[C@@H](C)Oc1ccccc1C(F)(F)F. The summed E-state index contributed by atoms with van der Waals surface area (Å²) in [7, 11) is 1.16. The first-order valence-corrected chi connectivity index (χ1v) is 6.38. The van der Waals surface area contributed by atoms with E-state index < -0.39 is 41.5 Å². The maximum Gasteiger partial charge on any atom is 0.419 e. The van der Waals surface area contributed by atoms with Gasteiger partial charge in [0.2, 0.25) is 0 Å². The van der Waals surface area contributed by atoms with Crippen molar-refractivity contribution in [3.8, 4) is 5.75 Å². The molecule has 0 aromatic heterocycles. The molecule has 0 saturated heterocycles. The van der Waals surface area contributed by atoms with E-state index in [1.165, 1.54) is 26.0 Å². The lowest BCUT2D eigenvalue weighted by Crippen LogP contribution is -2.45. The average molecular weight is 319 g/mol. The molecule has 0 aliphatic rings. The number of hydrogen-bond donors (Lipinski definition) is 1. The van der Waals surface area contributed by atoms with E-state index in [0.717, 1.165) is 19.2 Å². The predicted octanol–water partition coefficient (Wildman–Crippen LogP) is 2.15. The maximum atomic E-state index is 12.8. The lowest BCUT2D eigenvalue weighted by molar-refractivity contribution is -0.145. The van der Waals surface area contributed by atoms with E-state index in [9.17, 15) is 22.8 Å². The fraction of sp³-hybridized carbons (Fsp3) is 0.429. The fourth-order valence-corrected chi connectivity index (χ4v) is 1.61. The monoisotopic (exact) mass is 319 g/mol. The lowest BCUT2D eigenvalue weighted by atomic mass is 10.2. The number of carbonyl (C=O) groups excluding carboxylic acids is 2. The number of amides is 1. The summed E-state index contributed by atoms with van der Waals surface area (Å²) in [6, 6.07) is 3.64. The number of carbonyl (C=O) groups is 2. The van der Waals surface area contributed by atoms with Gasteiger partial charge in [-0.25, -0.2) is 4.79 Å². The molecular formula is C14H16F3NO4. The minimum absolute atomic E-state index is 0.455.